The number of hydrogen-bond acceptors (Lipinski definition) is 8. The normalized spacial score (nSPS) is 30.2. The number of aromatic hydroxyl groups is 1. The summed E-state index contributed by atoms with van der Waals surface area (Å²) in [6, 6.07) is 3.66. The number of fused-ring (bicyclic) bond motifs is 4. The van der Waals surface area contributed by atoms with Gasteiger partial charge in [-0.3, -0.25) is 19.2 Å². The smallest absolute Gasteiger partial charge is 0.423 e. The van der Waals surface area contributed by atoms with Crippen molar-refractivity contribution >= 4 is 58.6 Å². The summed E-state index contributed by atoms with van der Waals surface area (Å²) in [5, 5.41) is 11.1. The highest BCUT2D eigenvalue weighted by molar-refractivity contribution is 6.58. The van der Waals surface area contributed by atoms with Crippen LogP contribution in [0.2, 0.25) is 0 Å². The van der Waals surface area contributed by atoms with Gasteiger partial charge in [-0.1, -0.05) is 17.7 Å². The maximum absolute atomic E-state index is 15.1. The van der Waals surface area contributed by atoms with Crippen LogP contribution in [0.3, 0.4) is 0 Å². The second kappa shape index (κ2) is 10.4. The second-order valence-corrected chi connectivity index (χ2v) is 12.3. The van der Waals surface area contributed by atoms with Crippen molar-refractivity contribution < 1.29 is 60.5 Å². The first-order valence-corrected chi connectivity index (χ1v) is 14.1. The van der Waals surface area contributed by atoms with Crippen LogP contribution < -0.4 is 9.64 Å². The minimum absolute atomic E-state index is 0.0845. The number of methoxy groups -OCH3 is 2. The summed E-state index contributed by atoms with van der Waals surface area (Å²) < 4.78 is 82.3. The zero-order valence-corrected chi connectivity index (χ0v) is 24.9. The van der Waals surface area contributed by atoms with Gasteiger partial charge in [-0.25, -0.2) is 31.6 Å². The number of rotatable bonds is 3. The molecule has 0 aromatic heterocycles. The van der Waals surface area contributed by atoms with Gasteiger partial charge in [0.1, 0.15) is 17.2 Å². The van der Waals surface area contributed by atoms with Gasteiger partial charge in [0.15, 0.2) is 33.0 Å². The molecule has 0 unspecified atom stereocenters. The maximum atomic E-state index is 15.1. The van der Waals surface area contributed by atoms with Crippen LogP contribution in [0.4, 0.5) is 32.4 Å². The maximum Gasteiger partial charge on any atom is 0.423 e. The Kier molecular flexibility index (Phi) is 7.17. The van der Waals surface area contributed by atoms with E-state index < -0.39 is 110 Å². The van der Waals surface area contributed by atoms with Crippen molar-refractivity contribution in [2.45, 2.75) is 28.5 Å². The van der Waals surface area contributed by atoms with Crippen LogP contribution in [0, 0.1) is 46.8 Å². The van der Waals surface area contributed by atoms with Crippen molar-refractivity contribution in [1.82, 2.24) is 4.90 Å². The molecule has 4 aliphatic rings. The Morgan fingerprint density at radius 1 is 0.913 bits per heavy atom. The van der Waals surface area contributed by atoms with Crippen LogP contribution in [0.15, 0.2) is 29.8 Å². The average Bonchev–Trinajstić information content (AvgIpc) is 3.37. The van der Waals surface area contributed by atoms with Crippen molar-refractivity contribution in [3.05, 3.63) is 64.5 Å². The summed E-state index contributed by atoms with van der Waals surface area (Å²) in [5.41, 5.74) is -2.05. The molecule has 6 rings (SSSR count). The zero-order chi connectivity index (χ0) is 33.8. The van der Waals surface area contributed by atoms with Crippen molar-refractivity contribution in [3.8, 4) is 11.5 Å². The predicted octanol–water partition coefficient (Wildman–Crippen LogP) is 4.43. The number of anilines is 1. The van der Waals surface area contributed by atoms with Gasteiger partial charge in [-0.05, 0) is 24.8 Å². The number of carbonyl (C=O) groups excluding carboxylic acids is 5. The highest BCUT2D eigenvalue weighted by atomic mass is 35.5. The SMILES string of the molecule is COC(=O)N1C(=O)[C@H]2[C@H](CC=C3[C@H]2C[C@@]2(Cl)C(=O)N(c4c(F)c(F)c(F)c(F)c4F)C(=O)[C@@]2(Cl)[C@H]3c2ccc(OC)cc2O)C1=O. The molecule has 10 nitrogen and oxygen atoms in total. The summed E-state index contributed by atoms with van der Waals surface area (Å²) in [6.07, 6.45) is -0.856. The molecule has 3 fully saturated rings. The number of alkyl halides is 2. The molecule has 2 aliphatic heterocycles. The predicted molar refractivity (Wildman–Crippen MR) is 145 cm³/mol. The first kappa shape index (κ1) is 31.7. The highest BCUT2D eigenvalue weighted by Crippen LogP contribution is 2.66. The molecule has 2 heterocycles. The lowest BCUT2D eigenvalue weighted by atomic mass is 9.56. The molecule has 6 atom stereocenters. The molecule has 1 saturated carbocycles. The third-order valence-corrected chi connectivity index (χ3v) is 10.5. The fourth-order valence-electron chi connectivity index (χ4n) is 7.08. The molecule has 46 heavy (non-hydrogen) atoms. The van der Waals surface area contributed by atoms with Gasteiger partial charge in [0.25, 0.3) is 11.8 Å². The van der Waals surface area contributed by atoms with E-state index in [-0.39, 0.29) is 33.1 Å². The number of nitrogens with zero attached hydrogens (tertiary/aromatic N) is 2. The monoisotopic (exact) mass is 688 g/mol. The minimum atomic E-state index is -2.82. The molecule has 2 aromatic carbocycles. The van der Waals surface area contributed by atoms with Gasteiger partial charge in [0, 0.05) is 17.5 Å². The number of amides is 5. The van der Waals surface area contributed by atoms with Crippen LogP contribution >= 0.6 is 23.2 Å². The standard InChI is InChI=1S/C29H19Cl2F5N2O8/c1-45-9-3-4-11(14(39)7-9)16-10-5-6-12-15(24(41)38(23(12)40)27(44)46-2)13(10)8-28(30)25(42)37(26(43)29(16,28)31)22-20(35)18(33)17(32)19(34)21(22)36/h3-5,7,12-13,15-16,39H,6,8H2,1-2H3/t12-,13+,15-,16+,28+,29-/m0/s1. The molecule has 0 radical (unpaired) electrons. The zero-order valence-electron chi connectivity index (χ0n) is 23.4. The number of carbonyl (C=O) groups is 5. The lowest BCUT2D eigenvalue weighted by Gasteiger charge is -2.50. The summed E-state index contributed by atoms with van der Waals surface area (Å²) in [6.45, 7) is 0. The first-order chi connectivity index (χ1) is 21.6. The first-order valence-electron chi connectivity index (χ1n) is 13.4. The molecular formula is C29H19Cl2F5N2O8. The van der Waals surface area contributed by atoms with Crippen LogP contribution in [0.5, 0.6) is 11.5 Å². The molecule has 0 bridgehead atoms. The topological polar surface area (TPSA) is 131 Å². The Balaban J connectivity index is 1.61. The molecule has 0 spiro atoms. The minimum Gasteiger partial charge on any atom is -0.508 e. The Morgan fingerprint density at radius 2 is 1.52 bits per heavy atom. The summed E-state index contributed by atoms with van der Waals surface area (Å²) in [7, 11) is 2.21. The molecule has 17 heteroatoms. The number of likely N-dealkylation sites (tertiary alicyclic amines) is 1. The number of imide groups is 4. The number of benzene rings is 2. The van der Waals surface area contributed by atoms with Crippen molar-refractivity contribution in [3.63, 3.8) is 0 Å². The van der Waals surface area contributed by atoms with Crippen molar-refractivity contribution in [2.75, 3.05) is 19.1 Å². The van der Waals surface area contributed by atoms with Crippen molar-refractivity contribution in [1.29, 1.82) is 0 Å². The molecule has 5 amide bonds. The van der Waals surface area contributed by atoms with Gasteiger partial charge in [-0.15, -0.1) is 23.2 Å². The lowest BCUT2D eigenvalue weighted by Crippen LogP contribution is -2.60. The van der Waals surface area contributed by atoms with E-state index in [0.29, 0.717) is 0 Å². The molecule has 1 N–H and O–H groups in total. The second-order valence-electron chi connectivity index (χ2n) is 11.1. The highest BCUT2D eigenvalue weighted by Gasteiger charge is 2.77. The molecular weight excluding hydrogens is 670 g/mol. The molecule has 242 valence electrons. The van der Waals surface area contributed by atoms with E-state index in [4.69, 9.17) is 27.9 Å². The summed E-state index contributed by atoms with van der Waals surface area (Å²) in [4.78, 5) is 61.7. The molecule has 2 aliphatic carbocycles. The van der Waals surface area contributed by atoms with Crippen LogP contribution in [-0.2, 0) is 23.9 Å². The van der Waals surface area contributed by atoms with E-state index in [2.05, 4.69) is 4.74 Å². The van der Waals surface area contributed by atoms with Crippen LogP contribution in [0.25, 0.3) is 0 Å². The van der Waals surface area contributed by atoms with Gasteiger partial charge < -0.3 is 14.6 Å². The van der Waals surface area contributed by atoms with Gasteiger partial charge in [0.2, 0.25) is 17.6 Å². The number of ether oxygens (including phenoxy) is 2. The van der Waals surface area contributed by atoms with Crippen molar-refractivity contribution in [2.24, 2.45) is 17.8 Å². The van der Waals surface area contributed by atoms with E-state index in [1.807, 2.05) is 0 Å². The summed E-state index contributed by atoms with van der Waals surface area (Å²) in [5.74, 6) is -23.9. The van der Waals surface area contributed by atoms with Gasteiger partial charge in [-0.2, -0.15) is 4.90 Å². The number of phenolic OH excluding ortho intramolecular Hbond substituents is 1. The number of hydrogen-bond donors (Lipinski definition) is 1. The largest absolute Gasteiger partial charge is 0.508 e. The quantitative estimate of drug-likeness (QED) is 0.125. The summed E-state index contributed by atoms with van der Waals surface area (Å²) >= 11 is 13.9. The lowest BCUT2D eigenvalue weighted by molar-refractivity contribution is -0.138. The number of halogens is 7. The van der Waals surface area contributed by atoms with E-state index in [0.717, 1.165) is 13.2 Å². The number of allylic oxidation sites excluding steroid dienone is 2. The average molecular weight is 689 g/mol. The third-order valence-electron chi connectivity index (χ3n) is 9.13. The van der Waals surface area contributed by atoms with E-state index in [1.54, 1.807) is 0 Å². The van der Waals surface area contributed by atoms with E-state index in [1.165, 1.54) is 25.3 Å². The van der Waals surface area contributed by atoms with E-state index >= 15 is 8.78 Å². The van der Waals surface area contributed by atoms with Gasteiger partial charge in [0.05, 0.1) is 26.1 Å². The Bertz CT molecular complexity index is 1810. The fourth-order valence-corrected chi connectivity index (χ4v) is 8.00. The molecule has 2 saturated heterocycles. The third kappa shape index (κ3) is 3.78. The van der Waals surface area contributed by atoms with E-state index in [9.17, 15) is 42.3 Å². The van der Waals surface area contributed by atoms with Crippen LogP contribution in [0.1, 0.15) is 24.3 Å². The Hall–Kier alpha value is -4.24. The Morgan fingerprint density at radius 3 is 2.09 bits per heavy atom. The van der Waals surface area contributed by atoms with Gasteiger partial charge >= 0.3 is 6.09 Å². The fraction of sp³-hybridized carbons (Fsp3) is 0.345. The van der Waals surface area contributed by atoms with Crippen LogP contribution in [-0.4, -0.2) is 63.7 Å². The Labute approximate surface area is 265 Å². The molecule has 2 aromatic rings. The number of phenols is 1.